The zero-order chi connectivity index (χ0) is 14.2. The number of hydrogen-bond donors (Lipinski definition) is 0. The standard InChI is InChI=1S/C16H22O4/c1-10-12(13(17)18)11(9-15-16(10,19-15)20-15)8-14(2)6-4-3-5-7-14/h11H,3-9H2,1-2H3,(H,17,18)/p-1. The number of hydrogen-bond acceptors (Lipinski definition) is 4. The summed E-state index contributed by atoms with van der Waals surface area (Å²) in [5.74, 6) is -2.17. The van der Waals surface area contributed by atoms with Crippen molar-refractivity contribution in [3.8, 4) is 0 Å². The molecule has 0 radical (unpaired) electrons. The molecule has 0 aromatic rings. The lowest BCUT2D eigenvalue weighted by Gasteiger charge is -2.38. The molecule has 2 heterocycles. The van der Waals surface area contributed by atoms with E-state index < -0.39 is 17.5 Å². The zero-order valence-electron chi connectivity index (χ0n) is 12.2. The molecule has 1 saturated carbocycles. The zero-order valence-corrected chi connectivity index (χ0v) is 12.2. The van der Waals surface area contributed by atoms with Gasteiger partial charge in [-0.25, -0.2) is 0 Å². The fourth-order valence-corrected chi connectivity index (χ4v) is 4.69. The third-order valence-electron chi connectivity index (χ3n) is 5.88. The van der Waals surface area contributed by atoms with Crippen LogP contribution in [-0.2, 0) is 14.3 Å². The molecule has 3 fully saturated rings. The van der Waals surface area contributed by atoms with Crippen LogP contribution in [0.3, 0.4) is 0 Å². The van der Waals surface area contributed by atoms with Crippen molar-refractivity contribution in [3.05, 3.63) is 11.1 Å². The van der Waals surface area contributed by atoms with Crippen LogP contribution in [0.5, 0.6) is 0 Å². The van der Waals surface area contributed by atoms with Crippen molar-refractivity contribution in [2.45, 2.75) is 70.4 Å². The Morgan fingerprint density at radius 1 is 1.30 bits per heavy atom. The minimum atomic E-state index is -1.04. The average Bonchev–Trinajstić information content (AvgIpc) is 3.15. The molecule has 0 aromatic carbocycles. The van der Waals surface area contributed by atoms with Gasteiger partial charge in [-0.05, 0) is 48.7 Å². The van der Waals surface area contributed by atoms with Gasteiger partial charge in [-0.1, -0.05) is 26.2 Å². The molecule has 1 atom stereocenters. The maximum Gasteiger partial charge on any atom is 0.252 e. The van der Waals surface area contributed by atoms with E-state index in [0.29, 0.717) is 12.0 Å². The molecule has 4 rings (SSSR count). The van der Waals surface area contributed by atoms with Crippen LogP contribution in [0.1, 0.15) is 58.8 Å². The van der Waals surface area contributed by atoms with Crippen LogP contribution in [0.15, 0.2) is 11.1 Å². The number of rotatable bonds is 3. The summed E-state index contributed by atoms with van der Waals surface area (Å²) in [4.78, 5) is 11.6. The SMILES string of the molecule is CC1=C(C(=O)[O-])C(CC2(C)CCCCC2)CC23OC12O3. The Balaban J connectivity index is 1.61. The van der Waals surface area contributed by atoms with Gasteiger partial charge in [-0.15, -0.1) is 0 Å². The number of aliphatic carboxylic acids is 1. The molecule has 2 aliphatic heterocycles. The van der Waals surface area contributed by atoms with E-state index in [9.17, 15) is 9.90 Å². The molecular weight excluding hydrogens is 256 g/mol. The smallest absolute Gasteiger partial charge is 0.252 e. The Bertz CT molecular complexity index is 507. The summed E-state index contributed by atoms with van der Waals surface area (Å²) in [5, 5.41) is 11.6. The molecule has 2 saturated heterocycles. The lowest BCUT2D eigenvalue weighted by atomic mass is 9.67. The normalized spacial score (nSPS) is 44.6. The molecule has 0 aromatic heterocycles. The summed E-state index contributed by atoms with van der Waals surface area (Å²) >= 11 is 0. The second kappa shape index (κ2) is 3.66. The third-order valence-corrected chi connectivity index (χ3v) is 5.88. The van der Waals surface area contributed by atoms with Gasteiger partial charge >= 0.3 is 0 Å². The van der Waals surface area contributed by atoms with Crippen molar-refractivity contribution >= 4 is 5.97 Å². The average molecular weight is 277 g/mol. The minimum absolute atomic E-state index is 0.0150. The highest BCUT2D eigenvalue weighted by molar-refractivity contribution is 5.88. The first-order valence-corrected chi connectivity index (χ1v) is 7.74. The van der Waals surface area contributed by atoms with Gasteiger partial charge in [0.2, 0.25) is 5.79 Å². The van der Waals surface area contributed by atoms with Gasteiger partial charge in [0.15, 0.2) is 0 Å². The first-order chi connectivity index (χ1) is 9.42. The summed E-state index contributed by atoms with van der Waals surface area (Å²) in [6, 6.07) is 0. The van der Waals surface area contributed by atoms with Gasteiger partial charge in [0.25, 0.3) is 5.79 Å². The van der Waals surface area contributed by atoms with Crippen LogP contribution < -0.4 is 5.11 Å². The van der Waals surface area contributed by atoms with Crippen molar-refractivity contribution < 1.29 is 19.4 Å². The first kappa shape index (κ1) is 12.8. The summed E-state index contributed by atoms with van der Waals surface area (Å²) < 4.78 is 11.2. The van der Waals surface area contributed by atoms with Crippen LogP contribution in [-0.4, -0.2) is 17.5 Å². The van der Waals surface area contributed by atoms with Gasteiger partial charge in [-0.2, -0.15) is 0 Å². The van der Waals surface area contributed by atoms with Crippen molar-refractivity contribution in [1.82, 2.24) is 0 Å². The molecular formula is C16H21O4-. The fraction of sp³-hybridized carbons (Fsp3) is 0.812. The van der Waals surface area contributed by atoms with E-state index in [4.69, 9.17) is 9.47 Å². The monoisotopic (exact) mass is 277 g/mol. The third kappa shape index (κ3) is 1.52. The predicted octanol–water partition coefficient (Wildman–Crippen LogP) is 1.89. The van der Waals surface area contributed by atoms with E-state index in [1.165, 1.54) is 32.1 Å². The summed E-state index contributed by atoms with van der Waals surface area (Å²) in [7, 11) is 0. The predicted molar refractivity (Wildman–Crippen MR) is 69.3 cm³/mol. The minimum Gasteiger partial charge on any atom is -0.545 e. The Kier molecular flexibility index (Phi) is 2.35. The molecule has 110 valence electrons. The molecule has 2 aliphatic carbocycles. The van der Waals surface area contributed by atoms with Crippen molar-refractivity contribution in [2.75, 3.05) is 0 Å². The number of carbonyl (C=O) groups is 1. The Morgan fingerprint density at radius 3 is 2.55 bits per heavy atom. The van der Waals surface area contributed by atoms with E-state index >= 15 is 0 Å². The van der Waals surface area contributed by atoms with E-state index in [1.807, 2.05) is 6.92 Å². The van der Waals surface area contributed by atoms with Gasteiger partial charge in [0, 0.05) is 6.42 Å². The van der Waals surface area contributed by atoms with Gasteiger partial charge < -0.3 is 19.4 Å². The fourth-order valence-electron chi connectivity index (χ4n) is 4.69. The van der Waals surface area contributed by atoms with Crippen LogP contribution in [0.25, 0.3) is 0 Å². The molecule has 0 amide bonds. The van der Waals surface area contributed by atoms with Crippen molar-refractivity contribution in [2.24, 2.45) is 11.3 Å². The summed E-state index contributed by atoms with van der Waals surface area (Å²) in [6.45, 7) is 4.13. The highest BCUT2D eigenvalue weighted by atomic mass is 17.0. The molecule has 0 bridgehead atoms. The molecule has 20 heavy (non-hydrogen) atoms. The molecule has 4 aliphatic rings. The number of epoxide rings is 2. The number of ether oxygens (including phenoxy) is 2. The Hall–Kier alpha value is -0.870. The van der Waals surface area contributed by atoms with E-state index in [0.717, 1.165) is 12.0 Å². The van der Waals surface area contributed by atoms with Gasteiger partial charge in [0.1, 0.15) is 0 Å². The highest BCUT2D eigenvalue weighted by Gasteiger charge is 2.93. The summed E-state index contributed by atoms with van der Waals surface area (Å²) in [6.07, 6.45) is 7.82. The van der Waals surface area contributed by atoms with Gasteiger partial charge in [0.05, 0.1) is 5.97 Å². The second-order valence-corrected chi connectivity index (χ2v) is 7.38. The van der Waals surface area contributed by atoms with Crippen molar-refractivity contribution in [1.29, 1.82) is 0 Å². The maximum atomic E-state index is 11.6. The maximum absolute atomic E-state index is 11.6. The van der Waals surface area contributed by atoms with Gasteiger partial charge in [-0.3, -0.25) is 0 Å². The van der Waals surface area contributed by atoms with E-state index in [-0.39, 0.29) is 11.3 Å². The lowest BCUT2D eigenvalue weighted by molar-refractivity contribution is -0.300. The van der Waals surface area contributed by atoms with E-state index in [1.54, 1.807) is 0 Å². The van der Waals surface area contributed by atoms with E-state index in [2.05, 4.69) is 6.92 Å². The Labute approximate surface area is 119 Å². The number of carbonyl (C=O) groups excluding carboxylic acids is 1. The lowest BCUT2D eigenvalue weighted by Crippen LogP contribution is -2.35. The van der Waals surface area contributed by atoms with Crippen LogP contribution in [0, 0.1) is 11.3 Å². The first-order valence-electron chi connectivity index (χ1n) is 7.74. The number of carboxylic acids is 1. The summed E-state index contributed by atoms with van der Waals surface area (Å²) in [5.41, 5.74) is 1.44. The largest absolute Gasteiger partial charge is 0.545 e. The molecule has 4 nitrogen and oxygen atoms in total. The second-order valence-electron chi connectivity index (χ2n) is 7.38. The number of carboxylic acid groups (broad SMARTS) is 1. The Morgan fingerprint density at radius 2 is 1.95 bits per heavy atom. The molecule has 0 N–H and O–H groups in total. The quantitative estimate of drug-likeness (QED) is 0.739. The van der Waals surface area contributed by atoms with Crippen LogP contribution in [0.2, 0.25) is 0 Å². The topological polar surface area (TPSA) is 65.2 Å². The van der Waals surface area contributed by atoms with Crippen molar-refractivity contribution in [3.63, 3.8) is 0 Å². The molecule has 4 heteroatoms. The van der Waals surface area contributed by atoms with Crippen LogP contribution in [0.4, 0.5) is 0 Å². The molecule has 1 unspecified atom stereocenters. The molecule has 0 spiro atoms. The highest BCUT2D eigenvalue weighted by Crippen LogP contribution is 2.77. The van der Waals surface area contributed by atoms with Crippen LogP contribution >= 0.6 is 0 Å².